The number of carbonyl (C=O) groups excluding carboxylic acids is 1. The Balaban J connectivity index is 1.69. The number of hydrogen-bond donors (Lipinski definition) is 0. The first-order valence-corrected chi connectivity index (χ1v) is 8.42. The Hall–Kier alpha value is -2.81. The van der Waals surface area contributed by atoms with Crippen LogP contribution in [0.2, 0.25) is 0 Å². The predicted molar refractivity (Wildman–Crippen MR) is 90.4 cm³/mol. The van der Waals surface area contributed by atoms with Crippen LogP contribution < -0.4 is 9.47 Å². The fourth-order valence-electron chi connectivity index (χ4n) is 2.82. The van der Waals surface area contributed by atoms with Crippen LogP contribution in [0.4, 0.5) is 17.6 Å². The highest BCUT2D eigenvalue weighted by Gasteiger charge is 2.30. The average Bonchev–Trinajstić information content (AvgIpc) is 2.73. The van der Waals surface area contributed by atoms with E-state index < -0.39 is 40.8 Å². The number of carbonyl (C=O) groups is 1. The molecule has 0 saturated carbocycles. The molecule has 0 N–H and O–H groups in total. The Kier molecular flexibility index (Phi) is 6.03. The number of rotatable bonds is 5. The van der Waals surface area contributed by atoms with Crippen molar-refractivity contribution in [2.45, 2.75) is 6.10 Å². The van der Waals surface area contributed by atoms with E-state index in [4.69, 9.17) is 14.2 Å². The summed E-state index contributed by atoms with van der Waals surface area (Å²) < 4.78 is 70.2. The van der Waals surface area contributed by atoms with Crippen LogP contribution in [-0.4, -0.2) is 50.3 Å². The van der Waals surface area contributed by atoms with Crippen molar-refractivity contribution in [1.82, 2.24) is 4.90 Å². The number of benzene rings is 2. The van der Waals surface area contributed by atoms with Crippen molar-refractivity contribution in [3.8, 4) is 11.5 Å². The van der Waals surface area contributed by atoms with Gasteiger partial charge in [-0.2, -0.15) is 0 Å². The Labute approximate surface area is 158 Å². The molecule has 0 radical (unpaired) electrons. The van der Waals surface area contributed by atoms with Crippen LogP contribution in [0.5, 0.6) is 11.5 Å². The van der Waals surface area contributed by atoms with Crippen molar-refractivity contribution < 1.29 is 36.6 Å². The Morgan fingerprint density at radius 3 is 2.57 bits per heavy atom. The van der Waals surface area contributed by atoms with Crippen LogP contribution in [0.3, 0.4) is 0 Å². The summed E-state index contributed by atoms with van der Waals surface area (Å²) >= 11 is 0. The van der Waals surface area contributed by atoms with Crippen molar-refractivity contribution in [1.29, 1.82) is 0 Å². The van der Waals surface area contributed by atoms with Gasteiger partial charge in [0.2, 0.25) is 0 Å². The number of morpholine rings is 1. The maximum atomic E-state index is 13.9. The molecule has 9 heteroatoms. The van der Waals surface area contributed by atoms with Gasteiger partial charge in [-0.1, -0.05) is 12.1 Å². The van der Waals surface area contributed by atoms with Crippen molar-refractivity contribution in [3.63, 3.8) is 0 Å². The molecule has 150 valence electrons. The molecule has 1 heterocycles. The molecule has 1 fully saturated rings. The normalized spacial score (nSPS) is 16.8. The van der Waals surface area contributed by atoms with Gasteiger partial charge in [0.1, 0.15) is 12.7 Å². The smallest absolute Gasteiger partial charge is 0.257 e. The van der Waals surface area contributed by atoms with E-state index in [1.54, 1.807) is 24.3 Å². The van der Waals surface area contributed by atoms with Crippen molar-refractivity contribution in [2.24, 2.45) is 0 Å². The van der Waals surface area contributed by atoms with E-state index in [9.17, 15) is 22.4 Å². The van der Waals surface area contributed by atoms with Crippen molar-refractivity contribution >= 4 is 5.91 Å². The standard InChI is InChI=1S/C19H17F4NO4/c1-26-14-4-2-3-5-15(14)28-10-11-9-24(6-7-27-11)19(25)12-8-13(20)17(22)18(23)16(12)21/h2-5,8,11H,6-7,9-10H2,1H3/t11-/m0/s1. The van der Waals surface area contributed by atoms with Crippen LogP contribution >= 0.6 is 0 Å². The van der Waals surface area contributed by atoms with Gasteiger partial charge in [-0.25, -0.2) is 17.6 Å². The van der Waals surface area contributed by atoms with Crippen LogP contribution in [0.25, 0.3) is 0 Å². The topological polar surface area (TPSA) is 48.0 Å². The minimum absolute atomic E-state index is 0.00797. The van der Waals surface area contributed by atoms with E-state index in [0.717, 1.165) is 0 Å². The molecule has 0 unspecified atom stereocenters. The first-order chi connectivity index (χ1) is 13.4. The molecule has 0 bridgehead atoms. The molecule has 2 aromatic rings. The molecule has 2 aromatic carbocycles. The summed E-state index contributed by atoms with van der Waals surface area (Å²) in [5, 5.41) is 0. The summed E-state index contributed by atoms with van der Waals surface area (Å²) in [5.74, 6) is -7.30. The third kappa shape index (κ3) is 4.04. The maximum Gasteiger partial charge on any atom is 0.257 e. The molecule has 0 aliphatic carbocycles. The monoisotopic (exact) mass is 399 g/mol. The second-order valence-electron chi connectivity index (χ2n) is 6.05. The maximum absolute atomic E-state index is 13.9. The summed E-state index contributed by atoms with van der Waals surface area (Å²) in [6, 6.07) is 7.30. The molecule has 1 saturated heterocycles. The lowest BCUT2D eigenvalue weighted by Gasteiger charge is -2.33. The van der Waals surface area contributed by atoms with Gasteiger partial charge in [0.05, 0.1) is 25.8 Å². The molecule has 1 amide bonds. The van der Waals surface area contributed by atoms with Gasteiger partial charge < -0.3 is 19.1 Å². The average molecular weight is 399 g/mol. The Bertz CT molecular complexity index is 877. The molecule has 1 aliphatic heterocycles. The molecule has 1 atom stereocenters. The molecule has 28 heavy (non-hydrogen) atoms. The molecular weight excluding hydrogens is 382 g/mol. The first kappa shape index (κ1) is 19.9. The predicted octanol–water partition coefficient (Wildman–Crippen LogP) is 3.17. The Morgan fingerprint density at radius 1 is 1.14 bits per heavy atom. The van der Waals surface area contributed by atoms with Gasteiger partial charge in [0, 0.05) is 6.54 Å². The number of hydrogen-bond acceptors (Lipinski definition) is 4. The van der Waals surface area contributed by atoms with Crippen molar-refractivity contribution in [3.05, 3.63) is 59.2 Å². The number of ether oxygens (including phenoxy) is 3. The second kappa shape index (κ2) is 8.47. The minimum Gasteiger partial charge on any atom is -0.493 e. The number of methoxy groups -OCH3 is 1. The quantitative estimate of drug-likeness (QED) is 0.440. The molecule has 0 aromatic heterocycles. The molecule has 3 rings (SSSR count). The summed E-state index contributed by atoms with van der Waals surface area (Å²) in [6.45, 7) is 0.288. The van der Waals surface area contributed by atoms with Gasteiger partial charge in [-0.3, -0.25) is 4.79 Å². The third-order valence-corrected chi connectivity index (χ3v) is 4.25. The highest BCUT2D eigenvalue weighted by Crippen LogP contribution is 2.26. The fraction of sp³-hybridized carbons (Fsp3) is 0.316. The zero-order chi connectivity index (χ0) is 20.3. The minimum atomic E-state index is -2.02. The molecule has 1 aliphatic rings. The van der Waals surface area contributed by atoms with Crippen LogP contribution in [0, 0.1) is 23.3 Å². The van der Waals surface area contributed by atoms with E-state index >= 15 is 0 Å². The van der Waals surface area contributed by atoms with Gasteiger partial charge in [0.15, 0.2) is 34.8 Å². The number of para-hydroxylation sites is 2. The lowest BCUT2D eigenvalue weighted by Crippen LogP contribution is -2.48. The van der Waals surface area contributed by atoms with Crippen LogP contribution in [0.1, 0.15) is 10.4 Å². The van der Waals surface area contributed by atoms with E-state index in [1.807, 2.05) is 0 Å². The third-order valence-electron chi connectivity index (χ3n) is 4.25. The van der Waals surface area contributed by atoms with E-state index in [1.165, 1.54) is 12.0 Å². The second-order valence-corrected chi connectivity index (χ2v) is 6.05. The van der Waals surface area contributed by atoms with Crippen LogP contribution in [0.15, 0.2) is 30.3 Å². The lowest BCUT2D eigenvalue weighted by atomic mass is 10.1. The van der Waals surface area contributed by atoms with Gasteiger partial charge in [0.25, 0.3) is 5.91 Å². The molecule has 5 nitrogen and oxygen atoms in total. The summed E-state index contributed by atoms with van der Waals surface area (Å²) in [6.07, 6.45) is -0.555. The van der Waals surface area contributed by atoms with Gasteiger partial charge >= 0.3 is 0 Å². The highest BCUT2D eigenvalue weighted by atomic mass is 19.2. The van der Waals surface area contributed by atoms with E-state index in [0.29, 0.717) is 17.6 Å². The van der Waals surface area contributed by atoms with E-state index in [-0.39, 0.29) is 26.3 Å². The highest BCUT2D eigenvalue weighted by molar-refractivity contribution is 5.94. The Morgan fingerprint density at radius 2 is 1.86 bits per heavy atom. The first-order valence-electron chi connectivity index (χ1n) is 8.42. The summed E-state index contributed by atoms with van der Waals surface area (Å²) in [7, 11) is 1.50. The largest absolute Gasteiger partial charge is 0.493 e. The van der Waals surface area contributed by atoms with Gasteiger partial charge in [-0.15, -0.1) is 0 Å². The summed E-state index contributed by atoms with van der Waals surface area (Å²) in [5.41, 5.74) is -0.873. The zero-order valence-electron chi connectivity index (χ0n) is 14.9. The van der Waals surface area contributed by atoms with E-state index in [2.05, 4.69) is 0 Å². The summed E-state index contributed by atoms with van der Waals surface area (Å²) in [4.78, 5) is 13.6. The zero-order valence-corrected chi connectivity index (χ0v) is 14.9. The number of amides is 1. The van der Waals surface area contributed by atoms with Crippen LogP contribution in [-0.2, 0) is 4.74 Å². The molecular formula is C19H17F4NO4. The van der Waals surface area contributed by atoms with Gasteiger partial charge in [-0.05, 0) is 18.2 Å². The molecule has 0 spiro atoms. The van der Waals surface area contributed by atoms with Crippen molar-refractivity contribution in [2.75, 3.05) is 33.4 Å². The number of nitrogens with zero attached hydrogens (tertiary/aromatic N) is 1. The SMILES string of the molecule is COc1ccccc1OC[C@@H]1CN(C(=O)c2cc(F)c(F)c(F)c2F)CCO1. The lowest BCUT2D eigenvalue weighted by molar-refractivity contribution is -0.0405. The number of halogens is 4. The fourth-order valence-corrected chi connectivity index (χ4v) is 2.82.